The fourth-order valence-corrected chi connectivity index (χ4v) is 2.91. The summed E-state index contributed by atoms with van der Waals surface area (Å²) >= 11 is 5.94. The van der Waals surface area contributed by atoms with Gasteiger partial charge in [-0.15, -0.1) is 0 Å². The quantitative estimate of drug-likeness (QED) is 0.673. The zero-order valence-corrected chi connectivity index (χ0v) is 14.3. The number of benzene rings is 2. The fourth-order valence-electron chi connectivity index (χ4n) is 2.78. The topological polar surface area (TPSA) is 64.5 Å². The number of hydrogen-bond acceptors (Lipinski definition) is 5. The minimum atomic E-state index is -0.393. The molecule has 1 fully saturated rings. The average Bonchev–Trinajstić information content (AvgIpc) is 3.05. The van der Waals surface area contributed by atoms with Gasteiger partial charge < -0.3 is 9.47 Å². The number of ether oxygens (including phenoxy) is 2. The molecule has 130 valence electrons. The van der Waals surface area contributed by atoms with Crippen molar-refractivity contribution < 1.29 is 14.3 Å². The van der Waals surface area contributed by atoms with Crippen molar-refractivity contribution in [2.75, 3.05) is 11.5 Å². The molecule has 2 aromatic carbocycles. The third-order valence-electron chi connectivity index (χ3n) is 3.97. The summed E-state index contributed by atoms with van der Waals surface area (Å²) in [6.45, 7) is 0.257. The van der Waals surface area contributed by atoms with Gasteiger partial charge in [0.05, 0.1) is 6.04 Å². The number of nitrogens with zero attached hydrogens (tertiary/aromatic N) is 3. The van der Waals surface area contributed by atoms with Crippen molar-refractivity contribution in [2.24, 2.45) is 0 Å². The number of halogens is 1. The van der Waals surface area contributed by atoms with Gasteiger partial charge in [-0.2, -0.15) is 0 Å². The molecule has 0 aliphatic carbocycles. The summed E-state index contributed by atoms with van der Waals surface area (Å²) in [6, 6.07) is 16.2. The SMILES string of the molecule is O=C1OC[C@H](c2cccc(Oc3ncccn3)c2)N1c1ccc(Cl)cc1. The minimum absolute atomic E-state index is 0.257. The van der Waals surface area contributed by atoms with Gasteiger partial charge >= 0.3 is 12.1 Å². The van der Waals surface area contributed by atoms with Gasteiger partial charge in [0.15, 0.2) is 0 Å². The van der Waals surface area contributed by atoms with E-state index in [0.717, 1.165) is 11.3 Å². The van der Waals surface area contributed by atoms with Gasteiger partial charge in [0.25, 0.3) is 0 Å². The summed E-state index contributed by atoms with van der Waals surface area (Å²) in [5.41, 5.74) is 1.61. The largest absolute Gasteiger partial charge is 0.447 e. The molecule has 0 radical (unpaired) electrons. The van der Waals surface area contributed by atoms with Gasteiger partial charge in [0.2, 0.25) is 0 Å². The maximum absolute atomic E-state index is 12.2. The van der Waals surface area contributed by atoms with Crippen LogP contribution in [-0.2, 0) is 4.74 Å². The Balaban J connectivity index is 1.62. The molecule has 1 aliphatic heterocycles. The van der Waals surface area contributed by atoms with Gasteiger partial charge in [0, 0.05) is 23.1 Å². The van der Waals surface area contributed by atoms with Gasteiger partial charge in [-0.25, -0.2) is 14.8 Å². The van der Waals surface area contributed by atoms with E-state index in [1.807, 2.05) is 24.3 Å². The van der Waals surface area contributed by atoms with Crippen LogP contribution in [0, 0.1) is 0 Å². The fraction of sp³-hybridized carbons (Fsp3) is 0.105. The zero-order valence-electron chi connectivity index (χ0n) is 13.6. The smallest absolute Gasteiger partial charge is 0.415 e. The van der Waals surface area contributed by atoms with Crippen molar-refractivity contribution in [2.45, 2.75) is 6.04 Å². The van der Waals surface area contributed by atoms with E-state index in [0.29, 0.717) is 10.8 Å². The van der Waals surface area contributed by atoms with Crippen molar-refractivity contribution in [3.05, 3.63) is 77.6 Å². The molecule has 0 spiro atoms. The van der Waals surface area contributed by atoms with Crippen LogP contribution in [0.25, 0.3) is 0 Å². The van der Waals surface area contributed by atoms with Crippen molar-refractivity contribution >= 4 is 23.4 Å². The van der Waals surface area contributed by atoms with Crippen LogP contribution in [0.2, 0.25) is 5.02 Å². The molecular formula is C19H14ClN3O3. The first kappa shape index (κ1) is 16.4. The third kappa shape index (κ3) is 3.32. The minimum Gasteiger partial charge on any atom is -0.447 e. The molecule has 7 heteroatoms. The van der Waals surface area contributed by atoms with E-state index in [1.165, 1.54) is 0 Å². The van der Waals surface area contributed by atoms with Gasteiger partial charge in [-0.05, 0) is 48.0 Å². The molecule has 1 aromatic heterocycles. The summed E-state index contributed by atoms with van der Waals surface area (Å²) in [5.74, 6) is 0.587. The Hall–Kier alpha value is -3.12. The summed E-state index contributed by atoms with van der Waals surface area (Å²) < 4.78 is 10.9. The number of carbonyl (C=O) groups excluding carboxylic acids is 1. The number of rotatable bonds is 4. The van der Waals surface area contributed by atoms with Crippen molar-refractivity contribution in [3.63, 3.8) is 0 Å². The molecule has 0 bridgehead atoms. The van der Waals surface area contributed by atoms with Gasteiger partial charge in [0.1, 0.15) is 12.4 Å². The van der Waals surface area contributed by atoms with E-state index < -0.39 is 6.09 Å². The second-order valence-electron chi connectivity index (χ2n) is 5.65. The molecule has 0 saturated carbocycles. The Morgan fingerprint density at radius 1 is 1.08 bits per heavy atom. The lowest BCUT2D eigenvalue weighted by molar-refractivity contribution is 0.179. The van der Waals surface area contributed by atoms with Gasteiger partial charge in [-0.3, -0.25) is 4.90 Å². The average molecular weight is 368 g/mol. The normalized spacial score (nSPS) is 16.4. The predicted octanol–water partition coefficient (Wildman–Crippen LogP) is 4.62. The molecule has 0 unspecified atom stereocenters. The Morgan fingerprint density at radius 3 is 2.62 bits per heavy atom. The van der Waals surface area contributed by atoms with Gasteiger partial charge in [-0.1, -0.05) is 23.7 Å². The van der Waals surface area contributed by atoms with E-state index in [2.05, 4.69) is 9.97 Å². The van der Waals surface area contributed by atoms with Crippen LogP contribution < -0.4 is 9.64 Å². The number of aromatic nitrogens is 2. The summed E-state index contributed by atoms with van der Waals surface area (Å²) in [5, 5.41) is 0.608. The molecule has 1 atom stereocenters. The second-order valence-corrected chi connectivity index (χ2v) is 6.08. The highest BCUT2D eigenvalue weighted by atomic mass is 35.5. The third-order valence-corrected chi connectivity index (χ3v) is 4.22. The maximum atomic E-state index is 12.2. The monoisotopic (exact) mass is 367 g/mol. The molecule has 0 N–H and O–H groups in total. The molecule has 26 heavy (non-hydrogen) atoms. The van der Waals surface area contributed by atoms with E-state index in [9.17, 15) is 4.79 Å². The van der Waals surface area contributed by atoms with Crippen LogP contribution in [0.1, 0.15) is 11.6 Å². The van der Waals surface area contributed by atoms with Crippen molar-refractivity contribution in [3.8, 4) is 11.8 Å². The summed E-state index contributed by atoms with van der Waals surface area (Å²) in [7, 11) is 0. The van der Waals surface area contributed by atoms with Crippen LogP contribution in [0.4, 0.5) is 10.5 Å². The van der Waals surface area contributed by atoms with Crippen LogP contribution in [0.5, 0.6) is 11.8 Å². The first-order valence-electron chi connectivity index (χ1n) is 7.97. The first-order chi connectivity index (χ1) is 12.7. The highest BCUT2D eigenvalue weighted by Crippen LogP contribution is 2.35. The number of amides is 1. The molecule has 1 saturated heterocycles. The number of hydrogen-bond donors (Lipinski definition) is 0. The molecule has 3 aromatic rings. The Bertz CT molecular complexity index is 919. The van der Waals surface area contributed by atoms with Crippen LogP contribution >= 0.6 is 11.6 Å². The zero-order chi connectivity index (χ0) is 17.9. The van der Waals surface area contributed by atoms with E-state index in [1.54, 1.807) is 47.6 Å². The van der Waals surface area contributed by atoms with Crippen LogP contribution in [0.3, 0.4) is 0 Å². The Labute approximate surface area is 155 Å². The first-order valence-corrected chi connectivity index (χ1v) is 8.35. The molecule has 4 rings (SSSR count). The molecule has 1 aliphatic rings. The van der Waals surface area contributed by atoms with Crippen molar-refractivity contribution in [1.29, 1.82) is 0 Å². The lowest BCUT2D eigenvalue weighted by Gasteiger charge is -2.22. The van der Waals surface area contributed by atoms with E-state index in [-0.39, 0.29) is 18.7 Å². The number of anilines is 1. The standard InChI is InChI=1S/C19H14ClN3O3/c20-14-5-7-15(8-6-14)23-17(12-25-19(23)24)13-3-1-4-16(11-13)26-18-21-9-2-10-22-18/h1-11,17H,12H2/t17-/m1/s1. The molecule has 2 heterocycles. The lowest BCUT2D eigenvalue weighted by Crippen LogP contribution is -2.27. The van der Waals surface area contributed by atoms with E-state index in [4.69, 9.17) is 21.1 Å². The van der Waals surface area contributed by atoms with Crippen LogP contribution in [-0.4, -0.2) is 22.7 Å². The maximum Gasteiger partial charge on any atom is 0.415 e. The highest BCUT2D eigenvalue weighted by molar-refractivity contribution is 6.30. The molecule has 1 amide bonds. The Morgan fingerprint density at radius 2 is 1.85 bits per heavy atom. The lowest BCUT2D eigenvalue weighted by atomic mass is 10.1. The van der Waals surface area contributed by atoms with Crippen molar-refractivity contribution in [1.82, 2.24) is 9.97 Å². The molecular weight excluding hydrogens is 354 g/mol. The second kappa shape index (κ2) is 7.01. The number of carbonyl (C=O) groups is 1. The Kier molecular flexibility index (Phi) is 4.41. The van der Waals surface area contributed by atoms with E-state index >= 15 is 0 Å². The summed E-state index contributed by atoms with van der Waals surface area (Å²) in [4.78, 5) is 21.9. The van der Waals surface area contributed by atoms with Crippen LogP contribution in [0.15, 0.2) is 67.0 Å². The predicted molar refractivity (Wildman–Crippen MR) is 96.6 cm³/mol. The molecule has 6 nitrogen and oxygen atoms in total. The summed E-state index contributed by atoms with van der Waals surface area (Å²) in [6.07, 6.45) is 2.82. The number of cyclic esters (lactones) is 1. The highest BCUT2D eigenvalue weighted by Gasteiger charge is 2.35.